The van der Waals surface area contributed by atoms with Gasteiger partial charge in [-0.1, -0.05) is 15.9 Å². The Morgan fingerprint density at radius 2 is 2.27 bits per heavy atom. The molecule has 1 unspecified atom stereocenters. The predicted molar refractivity (Wildman–Crippen MR) is 45.8 cm³/mol. The SMILES string of the molecule is CC(Br)C(=O)N(C)C1COC1. The number of likely N-dealkylation sites (N-methyl/N-ethyl adjacent to an activating group) is 1. The van der Waals surface area contributed by atoms with Crippen LogP contribution in [0.15, 0.2) is 0 Å². The maximum absolute atomic E-state index is 11.3. The minimum Gasteiger partial charge on any atom is -0.377 e. The standard InChI is InChI=1S/C7H12BrNO2/c1-5(8)7(10)9(2)6-3-11-4-6/h5-6H,3-4H2,1-2H3. The van der Waals surface area contributed by atoms with Crippen LogP contribution in [-0.2, 0) is 9.53 Å². The van der Waals surface area contributed by atoms with Gasteiger partial charge in [-0.15, -0.1) is 0 Å². The Morgan fingerprint density at radius 1 is 1.73 bits per heavy atom. The Labute approximate surface area is 74.8 Å². The highest BCUT2D eigenvalue weighted by molar-refractivity contribution is 9.10. The van der Waals surface area contributed by atoms with Crippen LogP contribution in [0.5, 0.6) is 0 Å². The second-order valence-electron chi connectivity index (χ2n) is 2.76. The summed E-state index contributed by atoms with van der Waals surface area (Å²) in [6, 6.07) is 0.294. The first-order chi connectivity index (χ1) is 5.13. The van der Waals surface area contributed by atoms with Crippen molar-refractivity contribution in [3.63, 3.8) is 0 Å². The summed E-state index contributed by atoms with van der Waals surface area (Å²) in [4.78, 5) is 12.9. The highest BCUT2D eigenvalue weighted by Gasteiger charge is 2.28. The molecule has 0 N–H and O–H groups in total. The van der Waals surface area contributed by atoms with Crippen molar-refractivity contribution < 1.29 is 9.53 Å². The van der Waals surface area contributed by atoms with Gasteiger partial charge in [-0.2, -0.15) is 0 Å². The quantitative estimate of drug-likeness (QED) is 0.641. The van der Waals surface area contributed by atoms with E-state index in [9.17, 15) is 4.79 Å². The second kappa shape index (κ2) is 3.54. The van der Waals surface area contributed by atoms with Gasteiger partial charge in [0.2, 0.25) is 5.91 Å². The van der Waals surface area contributed by atoms with E-state index in [1.54, 1.807) is 4.90 Å². The zero-order valence-corrected chi connectivity index (χ0v) is 8.30. The maximum Gasteiger partial charge on any atom is 0.236 e. The van der Waals surface area contributed by atoms with Crippen LogP contribution < -0.4 is 0 Å². The van der Waals surface area contributed by atoms with Gasteiger partial charge in [0.05, 0.1) is 24.1 Å². The molecular weight excluding hydrogens is 210 g/mol. The number of halogens is 1. The largest absolute Gasteiger partial charge is 0.377 e. The molecule has 0 aromatic carbocycles. The topological polar surface area (TPSA) is 29.5 Å². The maximum atomic E-state index is 11.3. The lowest BCUT2D eigenvalue weighted by Gasteiger charge is -2.35. The molecule has 1 aliphatic rings. The summed E-state index contributed by atoms with van der Waals surface area (Å²) in [6.07, 6.45) is 0. The number of ether oxygens (including phenoxy) is 1. The second-order valence-corrected chi connectivity index (χ2v) is 4.13. The third-order valence-electron chi connectivity index (χ3n) is 1.86. The highest BCUT2D eigenvalue weighted by atomic mass is 79.9. The molecule has 1 rings (SSSR count). The predicted octanol–water partition coefficient (Wildman–Crippen LogP) is 0.627. The molecule has 0 aromatic heterocycles. The van der Waals surface area contributed by atoms with Crippen molar-refractivity contribution in [1.82, 2.24) is 4.90 Å². The fourth-order valence-electron chi connectivity index (χ4n) is 0.907. The number of carbonyl (C=O) groups excluding carboxylic acids is 1. The Morgan fingerprint density at radius 3 is 2.55 bits per heavy atom. The van der Waals surface area contributed by atoms with Crippen LogP contribution in [0.3, 0.4) is 0 Å². The van der Waals surface area contributed by atoms with Gasteiger partial charge < -0.3 is 9.64 Å². The molecule has 1 heterocycles. The Bertz CT molecular complexity index is 157. The summed E-state index contributed by atoms with van der Waals surface area (Å²) in [5.41, 5.74) is 0. The zero-order chi connectivity index (χ0) is 8.43. The monoisotopic (exact) mass is 221 g/mol. The van der Waals surface area contributed by atoms with Gasteiger partial charge in [0.15, 0.2) is 0 Å². The molecule has 11 heavy (non-hydrogen) atoms. The summed E-state index contributed by atoms with van der Waals surface area (Å²) >= 11 is 3.23. The third-order valence-corrected chi connectivity index (χ3v) is 2.25. The van der Waals surface area contributed by atoms with Crippen LogP contribution in [0.25, 0.3) is 0 Å². The molecule has 4 heteroatoms. The molecule has 0 bridgehead atoms. The fraction of sp³-hybridized carbons (Fsp3) is 0.857. The molecule has 0 aliphatic carbocycles. The number of hydrogen-bond acceptors (Lipinski definition) is 2. The van der Waals surface area contributed by atoms with E-state index in [1.165, 1.54) is 0 Å². The fourth-order valence-corrected chi connectivity index (χ4v) is 1.23. The van der Waals surface area contributed by atoms with Gasteiger partial charge in [-0.05, 0) is 6.92 Å². The molecule has 0 aromatic rings. The molecule has 0 radical (unpaired) electrons. The van der Waals surface area contributed by atoms with Gasteiger partial charge in [0.1, 0.15) is 0 Å². The number of amides is 1. The van der Waals surface area contributed by atoms with Crippen molar-refractivity contribution >= 4 is 21.8 Å². The highest BCUT2D eigenvalue weighted by Crippen LogP contribution is 2.11. The molecule has 0 spiro atoms. The van der Waals surface area contributed by atoms with Gasteiger partial charge >= 0.3 is 0 Å². The molecule has 1 saturated heterocycles. The average molecular weight is 222 g/mol. The summed E-state index contributed by atoms with van der Waals surface area (Å²) in [5, 5.41) is 0. The van der Waals surface area contributed by atoms with E-state index in [2.05, 4.69) is 15.9 Å². The molecular formula is C7H12BrNO2. The number of alkyl halides is 1. The van der Waals surface area contributed by atoms with E-state index < -0.39 is 0 Å². The van der Waals surface area contributed by atoms with Gasteiger partial charge in [-0.3, -0.25) is 4.79 Å². The smallest absolute Gasteiger partial charge is 0.236 e. The molecule has 1 fully saturated rings. The molecule has 1 atom stereocenters. The van der Waals surface area contributed by atoms with Crippen molar-refractivity contribution in [3.8, 4) is 0 Å². The lowest BCUT2D eigenvalue weighted by Crippen LogP contribution is -2.51. The van der Waals surface area contributed by atoms with Crippen LogP contribution >= 0.6 is 15.9 Å². The Balaban J connectivity index is 2.39. The van der Waals surface area contributed by atoms with Crippen molar-refractivity contribution in [2.45, 2.75) is 17.8 Å². The summed E-state index contributed by atoms with van der Waals surface area (Å²) in [6.45, 7) is 3.20. The molecule has 64 valence electrons. The first-order valence-electron chi connectivity index (χ1n) is 3.61. The number of nitrogens with zero attached hydrogens (tertiary/aromatic N) is 1. The van der Waals surface area contributed by atoms with Crippen molar-refractivity contribution in [3.05, 3.63) is 0 Å². The summed E-state index contributed by atoms with van der Waals surface area (Å²) in [5.74, 6) is 0.123. The molecule has 1 aliphatic heterocycles. The van der Waals surface area contributed by atoms with Gasteiger partial charge in [-0.25, -0.2) is 0 Å². The third kappa shape index (κ3) is 1.93. The van der Waals surface area contributed by atoms with E-state index in [0.717, 1.165) is 0 Å². The van der Waals surface area contributed by atoms with Crippen LogP contribution in [-0.4, -0.2) is 41.9 Å². The van der Waals surface area contributed by atoms with Gasteiger partial charge in [0, 0.05) is 7.05 Å². The average Bonchev–Trinajstić information content (AvgIpc) is 1.82. The minimum atomic E-state index is -0.0897. The van der Waals surface area contributed by atoms with Crippen molar-refractivity contribution in [2.75, 3.05) is 20.3 Å². The molecule has 3 nitrogen and oxygen atoms in total. The number of hydrogen-bond donors (Lipinski definition) is 0. The van der Waals surface area contributed by atoms with Crippen molar-refractivity contribution in [2.24, 2.45) is 0 Å². The first-order valence-corrected chi connectivity index (χ1v) is 4.53. The Hall–Kier alpha value is -0.0900. The molecule has 0 saturated carbocycles. The van der Waals surface area contributed by atoms with E-state index in [4.69, 9.17) is 4.74 Å². The van der Waals surface area contributed by atoms with Crippen LogP contribution in [0, 0.1) is 0 Å². The van der Waals surface area contributed by atoms with Crippen LogP contribution in [0.4, 0.5) is 0 Å². The lowest BCUT2D eigenvalue weighted by atomic mass is 10.2. The number of carbonyl (C=O) groups is 1. The van der Waals surface area contributed by atoms with Crippen LogP contribution in [0.1, 0.15) is 6.92 Å². The van der Waals surface area contributed by atoms with E-state index in [1.807, 2.05) is 14.0 Å². The minimum absolute atomic E-state index is 0.0897. The lowest BCUT2D eigenvalue weighted by molar-refractivity contribution is -0.140. The number of rotatable bonds is 2. The zero-order valence-electron chi connectivity index (χ0n) is 6.71. The van der Waals surface area contributed by atoms with Crippen LogP contribution in [0.2, 0.25) is 0 Å². The molecule has 1 amide bonds. The van der Waals surface area contributed by atoms with Crippen molar-refractivity contribution in [1.29, 1.82) is 0 Å². The van der Waals surface area contributed by atoms with Gasteiger partial charge in [0.25, 0.3) is 0 Å². The summed E-state index contributed by atoms with van der Waals surface area (Å²) in [7, 11) is 1.81. The summed E-state index contributed by atoms with van der Waals surface area (Å²) < 4.78 is 4.98. The van der Waals surface area contributed by atoms with E-state index >= 15 is 0 Å². The van der Waals surface area contributed by atoms with E-state index in [0.29, 0.717) is 19.3 Å². The Kier molecular flexibility index (Phi) is 2.90. The first kappa shape index (κ1) is 9.00. The van der Waals surface area contributed by atoms with E-state index in [-0.39, 0.29) is 10.7 Å². The normalized spacial score (nSPS) is 20.6.